The zero-order chi connectivity index (χ0) is 16.3. The molecule has 0 amide bonds. The van der Waals surface area contributed by atoms with E-state index in [1.807, 2.05) is 0 Å². The van der Waals surface area contributed by atoms with E-state index in [0.29, 0.717) is 19.3 Å². The molecule has 3 heterocycles. The Hall–Kier alpha value is 0.0225. The van der Waals surface area contributed by atoms with E-state index in [4.69, 9.17) is 19.8 Å². The molecule has 0 aliphatic carbocycles. The van der Waals surface area contributed by atoms with Crippen LogP contribution in [0.3, 0.4) is 0 Å². The van der Waals surface area contributed by atoms with E-state index in [9.17, 15) is 13.2 Å². The molecule has 0 aromatic heterocycles. The van der Waals surface area contributed by atoms with Crippen LogP contribution in [0.4, 0.5) is 13.2 Å². The van der Waals surface area contributed by atoms with Crippen LogP contribution in [0.25, 0.3) is 0 Å². The van der Waals surface area contributed by atoms with Crippen molar-refractivity contribution in [1.82, 2.24) is 0 Å². The molecule has 0 aromatic rings. The standard InChI is InChI=1S/C11H18F3O3.Al.O2S/c1-4-7(15)10(8(16)5-2,9(17)6-3)11(12,13)14;;1-3-2/h7-9H,4-6H2,1-3H3;;/q-3;+3;. The van der Waals surface area contributed by atoms with E-state index in [-0.39, 0.29) is 0 Å². The molecule has 0 radical (unpaired) electrons. The lowest BCUT2D eigenvalue weighted by Gasteiger charge is -2.59. The van der Waals surface area contributed by atoms with Crippen molar-refractivity contribution >= 4 is 26.7 Å². The Balaban J connectivity index is 0.000000677. The van der Waals surface area contributed by atoms with Gasteiger partial charge in [0.15, 0.2) is 0 Å². The first-order valence-corrected chi connectivity index (χ1v) is 8.86. The molecule has 0 spiro atoms. The highest BCUT2D eigenvalue weighted by Gasteiger charge is 2.75. The van der Waals surface area contributed by atoms with Crippen LogP contribution >= 0.6 is 0 Å². The van der Waals surface area contributed by atoms with Gasteiger partial charge in [0, 0.05) is 18.3 Å². The van der Waals surface area contributed by atoms with Gasteiger partial charge in [-0.15, -0.1) is 0 Å². The van der Waals surface area contributed by atoms with Crippen molar-refractivity contribution in [3.63, 3.8) is 0 Å². The summed E-state index contributed by atoms with van der Waals surface area (Å²) in [5.41, 5.74) is -2.01. The molecule has 3 atom stereocenters. The first kappa shape index (κ1) is 19.1. The summed E-state index contributed by atoms with van der Waals surface area (Å²) in [6, 6.07) is 0. The van der Waals surface area contributed by atoms with Gasteiger partial charge >= 0.3 is 32.9 Å². The maximum atomic E-state index is 13.7. The summed E-state index contributed by atoms with van der Waals surface area (Å²) in [5.74, 6) is 0. The van der Waals surface area contributed by atoms with Gasteiger partial charge in [0.05, 0.1) is 0 Å². The molecule has 3 saturated heterocycles. The monoisotopic (exact) mass is 346 g/mol. The summed E-state index contributed by atoms with van der Waals surface area (Å²) in [4.78, 5) is 0. The number of hydrogen-bond acceptors (Lipinski definition) is 5. The van der Waals surface area contributed by atoms with Crippen LogP contribution in [0, 0.1) is 5.41 Å². The molecule has 3 rings (SSSR count). The van der Waals surface area contributed by atoms with E-state index in [1.54, 1.807) is 20.8 Å². The van der Waals surface area contributed by atoms with Crippen molar-refractivity contribution < 1.29 is 33.0 Å². The van der Waals surface area contributed by atoms with Gasteiger partial charge in [0.25, 0.3) is 0 Å². The smallest absolute Gasteiger partial charge is 0.451 e. The highest BCUT2D eigenvalue weighted by molar-refractivity contribution is 7.51. The lowest BCUT2D eigenvalue weighted by Crippen LogP contribution is -2.74. The Bertz CT molecular complexity index is 353. The van der Waals surface area contributed by atoms with Crippen LogP contribution < -0.4 is 0 Å². The number of fused-ring (bicyclic) bond motifs is 3. The lowest BCUT2D eigenvalue weighted by molar-refractivity contribution is -0.355. The molecule has 0 saturated carbocycles. The quantitative estimate of drug-likeness (QED) is 0.734. The van der Waals surface area contributed by atoms with E-state index >= 15 is 0 Å². The molecule has 21 heavy (non-hydrogen) atoms. The van der Waals surface area contributed by atoms with Gasteiger partial charge in [0.2, 0.25) is 0 Å². The van der Waals surface area contributed by atoms with E-state index in [0.717, 1.165) is 0 Å². The molecule has 3 fully saturated rings. The maximum Gasteiger partial charge on any atom is 0.906 e. The lowest BCUT2D eigenvalue weighted by atomic mass is 9.68. The fraction of sp³-hybridized carbons (Fsp3) is 1.00. The van der Waals surface area contributed by atoms with Gasteiger partial charge in [0.1, 0.15) is 5.41 Å². The molecule has 0 aromatic carbocycles. The van der Waals surface area contributed by atoms with E-state index in [2.05, 4.69) is 0 Å². The summed E-state index contributed by atoms with van der Waals surface area (Å²) >= 11 is -3.13. The Kier molecular flexibility index (Phi) is 6.84. The SMILES string of the molecule is CCC1[O][Al]2[O]C(CC)C1(C(F)(F)F)C(CC)[O]2.O=S=O. The van der Waals surface area contributed by atoms with Crippen molar-refractivity contribution in [2.75, 3.05) is 0 Å². The Morgan fingerprint density at radius 2 is 1.24 bits per heavy atom. The van der Waals surface area contributed by atoms with E-state index < -0.39 is 56.6 Å². The minimum absolute atomic E-state index is 0.336. The van der Waals surface area contributed by atoms with Crippen LogP contribution in [0.2, 0.25) is 0 Å². The van der Waals surface area contributed by atoms with Crippen molar-refractivity contribution in [3.8, 4) is 0 Å². The zero-order valence-electron chi connectivity index (χ0n) is 12.0. The molecule has 10 heteroatoms. The minimum Gasteiger partial charge on any atom is -0.451 e. The summed E-state index contributed by atoms with van der Waals surface area (Å²) in [6.07, 6.45) is -5.85. The van der Waals surface area contributed by atoms with Crippen LogP contribution in [-0.2, 0) is 22.9 Å². The van der Waals surface area contributed by atoms with Crippen LogP contribution in [-0.4, -0.2) is 48.1 Å². The molecule has 2 bridgehead atoms. The largest absolute Gasteiger partial charge is 0.906 e. The Morgan fingerprint density at radius 1 is 0.952 bits per heavy atom. The van der Waals surface area contributed by atoms with Crippen LogP contribution in [0.15, 0.2) is 0 Å². The van der Waals surface area contributed by atoms with Crippen molar-refractivity contribution in [2.45, 2.75) is 64.5 Å². The third-order valence-corrected chi connectivity index (χ3v) is 5.68. The molecule has 5 nitrogen and oxygen atoms in total. The minimum atomic E-state index is -4.38. The molecule has 3 aliphatic heterocycles. The van der Waals surface area contributed by atoms with Crippen LogP contribution in [0.5, 0.6) is 0 Å². The number of alkyl halides is 3. The van der Waals surface area contributed by atoms with Crippen molar-refractivity contribution in [3.05, 3.63) is 0 Å². The highest BCUT2D eigenvalue weighted by atomic mass is 32.1. The van der Waals surface area contributed by atoms with Gasteiger partial charge in [-0.05, 0) is 19.3 Å². The third-order valence-electron chi connectivity index (χ3n) is 4.03. The van der Waals surface area contributed by atoms with Gasteiger partial charge in [-0.1, -0.05) is 20.8 Å². The maximum absolute atomic E-state index is 13.7. The fourth-order valence-electron chi connectivity index (χ4n) is 3.31. The summed E-state index contributed by atoms with van der Waals surface area (Å²) in [5, 5.41) is 0. The topological polar surface area (TPSA) is 61.8 Å². The summed E-state index contributed by atoms with van der Waals surface area (Å²) < 4.78 is 73.9. The molecular formula is C11H18AlF3O5S. The predicted molar refractivity (Wildman–Crippen MR) is 68.7 cm³/mol. The highest BCUT2D eigenvalue weighted by Crippen LogP contribution is 2.57. The first-order chi connectivity index (χ1) is 9.83. The van der Waals surface area contributed by atoms with Crippen molar-refractivity contribution in [1.29, 1.82) is 0 Å². The molecule has 3 aliphatic rings. The van der Waals surface area contributed by atoms with Crippen molar-refractivity contribution in [2.24, 2.45) is 5.41 Å². The second-order valence-corrected chi connectivity index (χ2v) is 6.42. The second-order valence-electron chi connectivity index (χ2n) is 4.89. The number of hydrogen-bond donors (Lipinski definition) is 0. The van der Waals surface area contributed by atoms with E-state index in [1.165, 1.54) is 0 Å². The molecule has 3 unspecified atom stereocenters. The molecule has 122 valence electrons. The summed E-state index contributed by atoms with van der Waals surface area (Å²) in [6.45, 7) is 5.19. The summed E-state index contributed by atoms with van der Waals surface area (Å²) in [7, 11) is 0. The molecule has 0 N–H and O–H groups in total. The number of halogens is 3. The van der Waals surface area contributed by atoms with Crippen LogP contribution in [0.1, 0.15) is 40.0 Å². The zero-order valence-corrected chi connectivity index (χ0v) is 14.0. The first-order valence-electron chi connectivity index (χ1n) is 6.78. The molecular weight excluding hydrogens is 328 g/mol. The number of rotatable bonds is 3. The predicted octanol–water partition coefficient (Wildman–Crippen LogP) is 2.26. The second kappa shape index (κ2) is 7.53. The Morgan fingerprint density at radius 3 is 1.43 bits per heavy atom. The fourth-order valence-corrected chi connectivity index (χ4v) is 5.56. The van der Waals surface area contributed by atoms with Gasteiger partial charge in [-0.2, -0.15) is 21.6 Å². The normalized spacial score (nSPS) is 35.1. The average molecular weight is 346 g/mol. The van der Waals surface area contributed by atoms with Gasteiger partial charge in [-0.3, -0.25) is 0 Å². The average Bonchev–Trinajstić information content (AvgIpc) is 2.45. The van der Waals surface area contributed by atoms with Gasteiger partial charge < -0.3 is 11.4 Å². The van der Waals surface area contributed by atoms with Gasteiger partial charge in [-0.25, -0.2) is 0 Å². The Labute approximate surface area is 130 Å². The third kappa shape index (κ3) is 3.21.